The average Bonchev–Trinajstić information content (AvgIpc) is 3.31. The number of hydrogen-bond acceptors (Lipinski definition) is 5. The number of pyridine rings is 1. The first-order valence-corrected chi connectivity index (χ1v) is 14.1. The molecule has 5 aromatic rings. The number of methoxy groups -OCH3 is 1. The van der Waals surface area contributed by atoms with Crippen LogP contribution in [-0.4, -0.2) is 53.6 Å². The van der Waals surface area contributed by atoms with Gasteiger partial charge >= 0.3 is 5.69 Å². The van der Waals surface area contributed by atoms with Crippen molar-refractivity contribution < 1.29 is 26.5 Å². The number of nitrogens with one attached hydrogen (secondary N) is 2. The Labute approximate surface area is 254 Å². The summed E-state index contributed by atoms with van der Waals surface area (Å²) in [5.41, 5.74) is -0.146. The van der Waals surface area contributed by atoms with Crippen molar-refractivity contribution in [3.05, 3.63) is 53.1 Å². The molecule has 0 radical (unpaired) electrons. The molecule has 2 unspecified atom stereocenters. The van der Waals surface area contributed by atoms with Crippen LogP contribution in [0.1, 0.15) is 53.3 Å². The predicted octanol–water partition coefficient (Wildman–Crippen LogP) is 4.78. The van der Waals surface area contributed by atoms with Gasteiger partial charge in [0.15, 0.2) is 0 Å². The average molecular weight is 596 g/mol. The number of halogens is 2. The molecule has 10 nitrogen and oxygen atoms in total. The van der Waals surface area contributed by atoms with Gasteiger partial charge in [-0.15, -0.1) is 5.10 Å². The number of aryl methyl sites for hydroxylation is 2. The lowest BCUT2D eigenvalue weighted by atomic mass is 9.80. The highest BCUT2D eigenvalue weighted by molar-refractivity contribution is 6.14. The van der Waals surface area contributed by atoms with Gasteiger partial charge < -0.3 is 15.0 Å². The number of carbonyl (C=O) groups excluding carboxylic acids is 1. The largest absolute Gasteiger partial charge is 0.497 e. The number of H-pyrrole nitrogens is 1. The van der Waals surface area contributed by atoms with Crippen LogP contribution in [0.3, 0.4) is 0 Å². The smallest absolute Gasteiger partial charge is 0.329 e. The molecule has 43 heavy (non-hydrogen) atoms. The fourth-order valence-electron chi connectivity index (χ4n) is 6.40. The highest BCUT2D eigenvalue weighted by atomic mass is 19.1. The molecule has 2 N–H and O–H groups in total. The summed E-state index contributed by atoms with van der Waals surface area (Å²) in [6.45, 7) is -3.77. The summed E-state index contributed by atoms with van der Waals surface area (Å²) >= 11 is 0. The summed E-state index contributed by atoms with van der Waals surface area (Å²) < 4.78 is 85.1. The summed E-state index contributed by atoms with van der Waals surface area (Å²) in [6, 6.07) is 6.27. The number of fused-ring (bicyclic) bond motifs is 3. The van der Waals surface area contributed by atoms with Crippen molar-refractivity contribution in [1.29, 1.82) is 0 Å². The molecule has 0 spiro atoms. The Hall–Kier alpha value is -4.48. The number of amides is 1. The van der Waals surface area contributed by atoms with Gasteiger partial charge in [-0.3, -0.25) is 18.6 Å². The molecule has 0 aliphatic heterocycles. The van der Waals surface area contributed by atoms with E-state index in [1.54, 1.807) is 24.3 Å². The molecule has 2 atom stereocenters. The Morgan fingerprint density at radius 2 is 1.98 bits per heavy atom. The zero-order valence-electron chi connectivity index (χ0n) is 29.4. The molecule has 4 heterocycles. The lowest BCUT2D eigenvalue weighted by Crippen LogP contribution is -2.49. The third-order valence-corrected chi connectivity index (χ3v) is 8.87. The zero-order chi connectivity index (χ0) is 35.2. The molecular weight excluding hydrogens is 556 g/mol. The van der Waals surface area contributed by atoms with Gasteiger partial charge in [0.1, 0.15) is 17.6 Å². The highest BCUT2D eigenvalue weighted by Crippen LogP contribution is 2.44. The van der Waals surface area contributed by atoms with E-state index in [2.05, 4.69) is 20.4 Å². The third kappa shape index (κ3) is 4.42. The standard InChI is InChI=1S/C31H33F2N7O3/c1-31(36-29(41)19-13-21(19)32)11-9-17(10-12-31)40-26-22(39(3)30(40)42)14-34-28-24(26)23(16-5-7-18(43-4)8-6-16)25(35-28)20-15-38(2)37-27(20)33/h5-8,14-15,17,19,21H,9-13H2,1-4H3,(H,34,35)(H,36,41)/i2D3,3D3. The first-order chi connectivity index (χ1) is 23.0. The molecule has 2 aliphatic rings. The van der Waals surface area contributed by atoms with Crippen molar-refractivity contribution in [1.82, 2.24) is 34.2 Å². The summed E-state index contributed by atoms with van der Waals surface area (Å²) in [5.74, 6) is -1.52. The molecule has 2 fully saturated rings. The topological polar surface area (TPSA) is 112 Å². The number of imidazole rings is 1. The van der Waals surface area contributed by atoms with E-state index >= 15 is 4.39 Å². The van der Waals surface area contributed by atoms with Crippen molar-refractivity contribution in [3.8, 4) is 28.1 Å². The molecular formula is C31H33F2N7O3. The summed E-state index contributed by atoms with van der Waals surface area (Å²) in [4.78, 5) is 34.3. The number of rotatable bonds is 6. The first-order valence-electron chi connectivity index (χ1n) is 17.1. The Morgan fingerprint density at radius 3 is 2.60 bits per heavy atom. The monoisotopic (exact) mass is 595 g/mol. The van der Waals surface area contributed by atoms with Gasteiger partial charge in [-0.05, 0) is 56.7 Å². The number of ether oxygens (including phenoxy) is 1. The number of hydrogen-bond donors (Lipinski definition) is 2. The van der Waals surface area contributed by atoms with E-state index in [1.165, 1.54) is 17.9 Å². The van der Waals surface area contributed by atoms with Crippen LogP contribution in [0.2, 0.25) is 0 Å². The molecule has 1 amide bonds. The maximum atomic E-state index is 15.5. The Kier molecular flexibility index (Phi) is 4.83. The number of benzene rings is 1. The van der Waals surface area contributed by atoms with E-state index in [-0.39, 0.29) is 40.3 Å². The molecule has 12 heteroatoms. The van der Waals surface area contributed by atoms with Gasteiger partial charge in [-0.25, -0.2) is 14.2 Å². The van der Waals surface area contributed by atoms with Crippen LogP contribution in [0, 0.1) is 11.9 Å². The lowest BCUT2D eigenvalue weighted by Gasteiger charge is -2.38. The second kappa shape index (κ2) is 9.78. The first kappa shape index (κ1) is 21.2. The Balaban J connectivity index is 1.45. The van der Waals surface area contributed by atoms with Gasteiger partial charge in [0.2, 0.25) is 11.9 Å². The van der Waals surface area contributed by atoms with E-state index in [0.29, 0.717) is 52.6 Å². The minimum Gasteiger partial charge on any atom is -0.497 e. The van der Waals surface area contributed by atoms with E-state index in [0.717, 1.165) is 10.8 Å². The lowest BCUT2D eigenvalue weighted by molar-refractivity contribution is -0.125. The normalized spacial score (nSPS) is 26.3. The van der Waals surface area contributed by atoms with Crippen LogP contribution in [-0.2, 0) is 18.7 Å². The van der Waals surface area contributed by atoms with Crippen LogP contribution >= 0.6 is 0 Å². The van der Waals surface area contributed by atoms with Crippen LogP contribution in [0.15, 0.2) is 41.5 Å². The van der Waals surface area contributed by atoms with Crippen molar-refractivity contribution in [3.63, 3.8) is 0 Å². The number of nitrogens with zero attached hydrogens (tertiary/aromatic N) is 5. The highest BCUT2D eigenvalue weighted by Gasteiger charge is 2.46. The van der Waals surface area contributed by atoms with Crippen LogP contribution in [0.5, 0.6) is 5.75 Å². The second-order valence-corrected chi connectivity index (χ2v) is 11.7. The molecule has 2 aliphatic carbocycles. The van der Waals surface area contributed by atoms with Crippen molar-refractivity contribution in [2.24, 2.45) is 19.9 Å². The third-order valence-electron chi connectivity index (χ3n) is 8.87. The molecule has 0 saturated heterocycles. The molecule has 7 rings (SSSR count). The number of alkyl halides is 1. The van der Waals surface area contributed by atoms with Gasteiger partial charge in [-0.1, -0.05) is 12.1 Å². The minimum atomic E-state index is -2.88. The maximum Gasteiger partial charge on any atom is 0.329 e. The Morgan fingerprint density at radius 1 is 1.23 bits per heavy atom. The maximum absolute atomic E-state index is 15.5. The fourth-order valence-corrected chi connectivity index (χ4v) is 6.40. The molecule has 1 aromatic carbocycles. The SMILES string of the molecule is [2H]C([2H])([2H])n1cc(-c2[nH]c3ncc4c(c3c2-c2ccc(OC)cc2)n(C2CCC(C)(NC(=O)C3CC3F)CC2)c(=O)n4C([2H])([2H])[2H])c(F)n1. The van der Waals surface area contributed by atoms with Crippen LogP contribution < -0.4 is 15.7 Å². The summed E-state index contributed by atoms with van der Waals surface area (Å²) in [7, 11) is 1.50. The minimum absolute atomic E-state index is 0.0285. The molecule has 0 bridgehead atoms. The van der Waals surface area contributed by atoms with E-state index in [9.17, 15) is 14.0 Å². The van der Waals surface area contributed by atoms with Gasteiger partial charge in [0.25, 0.3) is 0 Å². The van der Waals surface area contributed by atoms with E-state index in [1.807, 2.05) is 6.92 Å². The zero-order valence-corrected chi connectivity index (χ0v) is 23.4. The van der Waals surface area contributed by atoms with Crippen LogP contribution in [0.25, 0.3) is 44.5 Å². The number of aromatic amines is 1. The predicted molar refractivity (Wildman–Crippen MR) is 158 cm³/mol. The van der Waals surface area contributed by atoms with Gasteiger partial charge in [-0.2, -0.15) is 4.39 Å². The van der Waals surface area contributed by atoms with E-state index in [4.69, 9.17) is 13.0 Å². The quantitative estimate of drug-likeness (QED) is 0.294. The van der Waals surface area contributed by atoms with Crippen molar-refractivity contribution in [2.45, 2.75) is 56.8 Å². The van der Waals surface area contributed by atoms with Gasteiger partial charge in [0, 0.05) is 45.5 Å². The fraction of sp³-hybridized carbons (Fsp3) is 0.419. The number of aromatic nitrogens is 6. The van der Waals surface area contributed by atoms with Crippen molar-refractivity contribution in [2.75, 3.05) is 7.11 Å². The van der Waals surface area contributed by atoms with Gasteiger partial charge in [0.05, 0.1) is 46.9 Å². The summed E-state index contributed by atoms with van der Waals surface area (Å²) in [6.07, 6.45) is 3.06. The van der Waals surface area contributed by atoms with Crippen LogP contribution in [0.4, 0.5) is 8.78 Å². The molecule has 224 valence electrons. The van der Waals surface area contributed by atoms with Crippen molar-refractivity contribution >= 4 is 28.0 Å². The molecule has 4 aromatic heterocycles. The number of carbonyl (C=O) groups is 1. The molecule has 2 saturated carbocycles. The Bertz CT molecular complexity index is 2160. The summed E-state index contributed by atoms with van der Waals surface area (Å²) in [5, 5.41) is 6.89. The van der Waals surface area contributed by atoms with E-state index < -0.39 is 49.3 Å². The second-order valence-electron chi connectivity index (χ2n) is 11.7.